The standard InChI is InChI=1S/C13H13NO4/c1-8-9-4-2-3-5-10(9)12(16)14(8)7-6-11(15)13(17)18/h2-5,11,15H,1,6-7H2,(H,17,18). The van der Waals surface area contributed by atoms with Gasteiger partial charge in [-0.3, -0.25) is 4.79 Å². The fraction of sp³-hybridized carbons (Fsp3) is 0.231. The van der Waals surface area contributed by atoms with Gasteiger partial charge in [-0.05, 0) is 6.07 Å². The minimum atomic E-state index is -1.46. The number of fused-ring (bicyclic) bond motifs is 1. The van der Waals surface area contributed by atoms with Gasteiger partial charge in [-0.15, -0.1) is 0 Å². The maximum Gasteiger partial charge on any atom is 0.332 e. The van der Waals surface area contributed by atoms with E-state index in [0.29, 0.717) is 11.3 Å². The minimum absolute atomic E-state index is 0.0198. The zero-order valence-electron chi connectivity index (χ0n) is 9.67. The van der Waals surface area contributed by atoms with Crippen molar-refractivity contribution in [2.24, 2.45) is 0 Å². The molecule has 1 heterocycles. The number of carboxylic acid groups (broad SMARTS) is 1. The summed E-state index contributed by atoms with van der Waals surface area (Å²) in [7, 11) is 0. The molecule has 5 heteroatoms. The van der Waals surface area contributed by atoms with E-state index in [4.69, 9.17) is 5.11 Å². The lowest BCUT2D eigenvalue weighted by Gasteiger charge is -2.18. The lowest BCUT2D eigenvalue weighted by Crippen LogP contribution is -2.29. The first-order valence-corrected chi connectivity index (χ1v) is 5.53. The SMILES string of the molecule is C=C1c2ccccc2C(=O)N1CCC(O)C(=O)O. The molecule has 94 valence electrons. The van der Waals surface area contributed by atoms with Gasteiger partial charge in [0.15, 0.2) is 6.10 Å². The summed E-state index contributed by atoms with van der Waals surface area (Å²) in [5.41, 5.74) is 1.87. The number of carbonyl (C=O) groups excluding carboxylic acids is 1. The van der Waals surface area contributed by atoms with Gasteiger partial charge in [0.05, 0.1) is 0 Å². The first kappa shape index (κ1) is 12.3. The second-order valence-corrected chi connectivity index (χ2v) is 4.09. The Labute approximate surface area is 104 Å². The number of carboxylic acids is 1. The van der Waals surface area contributed by atoms with Crippen LogP contribution in [0.4, 0.5) is 0 Å². The Bertz CT molecular complexity index is 488. The molecule has 0 radical (unpaired) electrons. The van der Waals surface area contributed by atoms with Crippen molar-refractivity contribution in [3.8, 4) is 0 Å². The molecule has 18 heavy (non-hydrogen) atoms. The van der Waals surface area contributed by atoms with E-state index in [2.05, 4.69) is 6.58 Å². The van der Waals surface area contributed by atoms with E-state index in [1.807, 2.05) is 6.07 Å². The van der Waals surface area contributed by atoms with Gasteiger partial charge < -0.3 is 15.1 Å². The van der Waals surface area contributed by atoms with Gasteiger partial charge in [-0.25, -0.2) is 4.79 Å². The van der Waals surface area contributed by atoms with Crippen molar-refractivity contribution < 1.29 is 19.8 Å². The van der Waals surface area contributed by atoms with Crippen molar-refractivity contribution in [2.45, 2.75) is 12.5 Å². The molecule has 0 saturated heterocycles. The molecule has 1 atom stereocenters. The summed E-state index contributed by atoms with van der Waals surface area (Å²) in [6, 6.07) is 7.08. The van der Waals surface area contributed by atoms with E-state index in [0.717, 1.165) is 5.56 Å². The number of aliphatic hydroxyl groups is 1. The van der Waals surface area contributed by atoms with Gasteiger partial charge in [0.2, 0.25) is 0 Å². The predicted molar refractivity (Wildman–Crippen MR) is 64.8 cm³/mol. The molecule has 0 spiro atoms. The third kappa shape index (κ3) is 2.00. The van der Waals surface area contributed by atoms with Crippen LogP contribution in [0.5, 0.6) is 0 Å². The van der Waals surface area contributed by atoms with E-state index in [9.17, 15) is 14.7 Å². The van der Waals surface area contributed by atoms with E-state index < -0.39 is 12.1 Å². The molecule has 0 bridgehead atoms. The first-order valence-electron chi connectivity index (χ1n) is 5.53. The molecule has 2 N–H and O–H groups in total. The maximum atomic E-state index is 12.0. The number of aliphatic hydroxyl groups excluding tert-OH is 1. The molecule has 0 saturated carbocycles. The monoisotopic (exact) mass is 247 g/mol. The zero-order valence-corrected chi connectivity index (χ0v) is 9.67. The van der Waals surface area contributed by atoms with Crippen molar-refractivity contribution in [2.75, 3.05) is 6.54 Å². The third-order valence-electron chi connectivity index (χ3n) is 2.95. The number of carbonyl (C=O) groups is 2. The van der Waals surface area contributed by atoms with Crippen molar-refractivity contribution >= 4 is 17.6 Å². The molecule has 0 aromatic heterocycles. The molecule has 5 nitrogen and oxygen atoms in total. The van der Waals surface area contributed by atoms with Gasteiger partial charge in [0, 0.05) is 29.8 Å². The molecule has 0 fully saturated rings. The Balaban J connectivity index is 2.12. The van der Waals surface area contributed by atoms with Crippen molar-refractivity contribution in [3.05, 3.63) is 42.0 Å². The maximum absolute atomic E-state index is 12.0. The molecular formula is C13H13NO4. The average molecular weight is 247 g/mol. The Hall–Kier alpha value is -2.14. The highest BCUT2D eigenvalue weighted by Crippen LogP contribution is 2.31. The zero-order chi connectivity index (χ0) is 13.3. The van der Waals surface area contributed by atoms with E-state index in [1.54, 1.807) is 18.2 Å². The van der Waals surface area contributed by atoms with Crippen LogP contribution in [0, 0.1) is 0 Å². The van der Waals surface area contributed by atoms with Crippen LogP contribution in [0.3, 0.4) is 0 Å². The van der Waals surface area contributed by atoms with Crippen molar-refractivity contribution in [1.29, 1.82) is 0 Å². The Morgan fingerprint density at radius 1 is 1.33 bits per heavy atom. The van der Waals surface area contributed by atoms with Gasteiger partial charge in [-0.1, -0.05) is 24.8 Å². The minimum Gasteiger partial charge on any atom is -0.479 e. The van der Waals surface area contributed by atoms with E-state index >= 15 is 0 Å². The number of nitrogens with zero attached hydrogens (tertiary/aromatic N) is 1. The highest BCUT2D eigenvalue weighted by Gasteiger charge is 2.31. The van der Waals surface area contributed by atoms with E-state index in [-0.39, 0.29) is 18.9 Å². The fourth-order valence-corrected chi connectivity index (χ4v) is 1.95. The van der Waals surface area contributed by atoms with Crippen LogP contribution < -0.4 is 0 Å². The van der Waals surface area contributed by atoms with Gasteiger partial charge in [-0.2, -0.15) is 0 Å². The Morgan fingerprint density at radius 2 is 1.94 bits per heavy atom. The highest BCUT2D eigenvalue weighted by atomic mass is 16.4. The summed E-state index contributed by atoms with van der Waals surface area (Å²) in [6.07, 6.45) is -1.48. The van der Waals surface area contributed by atoms with Gasteiger partial charge in [0.25, 0.3) is 5.91 Å². The average Bonchev–Trinajstić information content (AvgIpc) is 2.60. The summed E-state index contributed by atoms with van der Waals surface area (Å²) in [5.74, 6) is -1.49. The molecular weight excluding hydrogens is 234 g/mol. The van der Waals surface area contributed by atoms with Crippen molar-refractivity contribution in [3.63, 3.8) is 0 Å². The smallest absolute Gasteiger partial charge is 0.332 e. The summed E-state index contributed by atoms with van der Waals surface area (Å²) >= 11 is 0. The van der Waals surface area contributed by atoms with Crippen LogP contribution in [-0.2, 0) is 4.79 Å². The number of hydrogen-bond acceptors (Lipinski definition) is 3. The Kier molecular flexibility index (Phi) is 3.16. The molecule has 1 amide bonds. The lowest BCUT2D eigenvalue weighted by atomic mass is 10.1. The number of benzene rings is 1. The lowest BCUT2D eigenvalue weighted by molar-refractivity contribution is -0.146. The summed E-state index contributed by atoms with van der Waals surface area (Å²) in [4.78, 5) is 23.9. The molecule has 1 aromatic carbocycles. The quantitative estimate of drug-likeness (QED) is 0.830. The number of hydrogen-bond donors (Lipinski definition) is 2. The highest BCUT2D eigenvalue weighted by molar-refractivity contribution is 6.08. The largest absolute Gasteiger partial charge is 0.479 e. The molecule has 0 aliphatic carbocycles. The number of amides is 1. The van der Waals surface area contributed by atoms with Gasteiger partial charge in [0.1, 0.15) is 0 Å². The van der Waals surface area contributed by atoms with Crippen LogP contribution in [0.25, 0.3) is 5.70 Å². The van der Waals surface area contributed by atoms with Crippen LogP contribution in [0.15, 0.2) is 30.8 Å². The second kappa shape index (κ2) is 4.62. The van der Waals surface area contributed by atoms with Gasteiger partial charge >= 0.3 is 5.97 Å². The number of aliphatic carboxylic acids is 1. The second-order valence-electron chi connectivity index (χ2n) is 4.09. The van der Waals surface area contributed by atoms with Crippen LogP contribution >= 0.6 is 0 Å². The first-order chi connectivity index (χ1) is 8.52. The summed E-state index contributed by atoms with van der Waals surface area (Å²) < 4.78 is 0. The summed E-state index contributed by atoms with van der Waals surface area (Å²) in [6.45, 7) is 3.96. The molecule has 1 unspecified atom stereocenters. The topological polar surface area (TPSA) is 77.8 Å². The fourth-order valence-electron chi connectivity index (χ4n) is 1.95. The Morgan fingerprint density at radius 3 is 2.50 bits per heavy atom. The molecule has 2 rings (SSSR count). The number of rotatable bonds is 4. The van der Waals surface area contributed by atoms with Crippen LogP contribution in [0.2, 0.25) is 0 Å². The molecule has 1 aliphatic rings. The predicted octanol–water partition coefficient (Wildman–Crippen LogP) is 0.949. The third-order valence-corrected chi connectivity index (χ3v) is 2.95. The summed E-state index contributed by atoms with van der Waals surface area (Å²) in [5, 5.41) is 17.8. The van der Waals surface area contributed by atoms with Crippen LogP contribution in [0.1, 0.15) is 22.3 Å². The molecule has 1 aromatic rings. The normalized spacial score (nSPS) is 15.7. The molecule has 1 aliphatic heterocycles. The van der Waals surface area contributed by atoms with Crippen molar-refractivity contribution in [1.82, 2.24) is 4.90 Å². The van der Waals surface area contributed by atoms with E-state index in [1.165, 1.54) is 4.90 Å². The van der Waals surface area contributed by atoms with Crippen LogP contribution in [-0.4, -0.2) is 39.6 Å².